The average Bonchev–Trinajstić information content (AvgIpc) is 2.69. The second-order valence-corrected chi connectivity index (χ2v) is 6.32. The topological polar surface area (TPSA) is 88.8 Å². The molecule has 0 spiro atoms. The van der Waals surface area contributed by atoms with E-state index in [0.717, 1.165) is 37.6 Å². The highest BCUT2D eigenvalue weighted by Crippen LogP contribution is 2.18. The molecule has 0 unspecified atom stereocenters. The molecule has 1 aromatic heterocycles. The van der Waals surface area contributed by atoms with Gasteiger partial charge in [-0.05, 0) is 24.6 Å². The van der Waals surface area contributed by atoms with Crippen molar-refractivity contribution in [2.75, 3.05) is 37.7 Å². The van der Waals surface area contributed by atoms with Gasteiger partial charge < -0.3 is 9.64 Å². The number of nitrogens with zero attached hydrogens (tertiary/aromatic N) is 4. The van der Waals surface area contributed by atoms with Crippen LogP contribution in [0.15, 0.2) is 42.6 Å². The summed E-state index contributed by atoms with van der Waals surface area (Å²) in [5.41, 5.74) is 1.51. The molecule has 142 valence electrons. The first-order valence-electron chi connectivity index (χ1n) is 8.90. The zero-order valence-corrected chi connectivity index (χ0v) is 15.2. The van der Waals surface area contributed by atoms with Gasteiger partial charge in [0, 0.05) is 51.1 Å². The van der Waals surface area contributed by atoms with Crippen LogP contribution in [0.4, 0.5) is 11.5 Å². The number of pyridine rings is 1. The van der Waals surface area contributed by atoms with Crippen molar-refractivity contribution in [1.29, 1.82) is 0 Å². The molecule has 8 heteroatoms. The van der Waals surface area contributed by atoms with E-state index >= 15 is 0 Å². The fraction of sp³-hybridized carbons (Fsp3) is 0.368. The van der Waals surface area contributed by atoms with Gasteiger partial charge in [-0.1, -0.05) is 12.1 Å². The summed E-state index contributed by atoms with van der Waals surface area (Å²) in [7, 11) is 0. The number of piperazine rings is 1. The first kappa shape index (κ1) is 18.8. The molecule has 0 atom stereocenters. The molecule has 1 aliphatic rings. The van der Waals surface area contributed by atoms with Crippen molar-refractivity contribution in [1.82, 2.24) is 9.88 Å². The fourth-order valence-corrected chi connectivity index (χ4v) is 3.07. The standard InChI is InChI=1S/C19H22N4O4/c1-2-27-19(24)16-6-7-18(20-13-16)22-10-8-21(9-11-22)14-15-4-3-5-17(12-15)23(25)26/h3-7,12-13H,2,8-11,14H2,1H3. The molecule has 2 aromatic rings. The van der Waals surface area contributed by atoms with Crippen LogP contribution in [0.25, 0.3) is 0 Å². The molecule has 0 aliphatic carbocycles. The minimum Gasteiger partial charge on any atom is -0.462 e. The predicted octanol–water partition coefficient (Wildman–Crippen LogP) is 2.49. The maximum Gasteiger partial charge on any atom is 0.339 e. The van der Waals surface area contributed by atoms with E-state index in [9.17, 15) is 14.9 Å². The molecule has 2 heterocycles. The zero-order valence-electron chi connectivity index (χ0n) is 15.2. The van der Waals surface area contributed by atoms with E-state index in [1.165, 1.54) is 6.07 Å². The number of hydrogen-bond donors (Lipinski definition) is 0. The number of carbonyl (C=O) groups excluding carboxylic acids is 1. The molecule has 1 aromatic carbocycles. The van der Waals surface area contributed by atoms with Crippen LogP contribution in [0.3, 0.4) is 0 Å². The molecule has 1 aliphatic heterocycles. The van der Waals surface area contributed by atoms with E-state index in [1.54, 1.807) is 31.3 Å². The van der Waals surface area contributed by atoms with Crippen LogP contribution in [-0.2, 0) is 11.3 Å². The number of nitro benzene ring substituents is 1. The molecule has 1 saturated heterocycles. The van der Waals surface area contributed by atoms with Crippen LogP contribution in [0.5, 0.6) is 0 Å². The number of carbonyl (C=O) groups is 1. The van der Waals surface area contributed by atoms with Crippen LogP contribution in [0.1, 0.15) is 22.8 Å². The van der Waals surface area contributed by atoms with Crippen LogP contribution in [-0.4, -0.2) is 53.6 Å². The quantitative estimate of drug-likeness (QED) is 0.438. The summed E-state index contributed by atoms with van der Waals surface area (Å²) in [4.78, 5) is 31.0. The summed E-state index contributed by atoms with van der Waals surface area (Å²) < 4.78 is 4.97. The van der Waals surface area contributed by atoms with E-state index in [0.29, 0.717) is 18.7 Å². The first-order valence-corrected chi connectivity index (χ1v) is 8.90. The molecular weight excluding hydrogens is 348 g/mol. The van der Waals surface area contributed by atoms with E-state index in [1.807, 2.05) is 12.1 Å². The largest absolute Gasteiger partial charge is 0.462 e. The Hall–Kier alpha value is -3.00. The molecule has 0 radical (unpaired) electrons. The first-order chi connectivity index (χ1) is 13.1. The lowest BCUT2D eigenvalue weighted by molar-refractivity contribution is -0.384. The minimum atomic E-state index is -0.368. The second-order valence-electron chi connectivity index (χ2n) is 6.32. The zero-order chi connectivity index (χ0) is 19.2. The van der Waals surface area contributed by atoms with E-state index in [-0.39, 0.29) is 16.6 Å². The van der Waals surface area contributed by atoms with Crippen molar-refractivity contribution < 1.29 is 14.5 Å². The van der Waals surface area contributed by atoms with Gasteiger partial charge in [-0.3, -0.25) is 15.0 Å². The van der Waals surface area contributed by atoms with E-state index < -0.39 is 0 Å². The van der Waals surface area contributed by atoms with E-state index in [4.69, 9.17) is 4.74 Å². The Morgan fingerprint density at radius 1 is 1.22 bits per heavy atom. The lowest BCUT2D eigenvalue weighted by atomic mass is 10.1. The van der Waals surface area contributed by atoms with Crippen molar-refractivity contribution >= 4 is 17.5 Å². The number of non-ortho nitro benzene ring substituents is 1. The lowest BCUT2D eigenvalue weighted by Gasteiger charge is -2.35. The summed E-state index contributed by atoms with van der Waals surface area (Å²) in [6.07, 6.45) is 1.54. The monoisotopic (exact) mass is 370 g/mol. The molecule has 0 bridgehead atoms. The molecule has 0 N–H and O–H groups in total. The Morgan fingerprint density at radius 2 is 2.00 bits per heavy atom. The Kier molecular flexibility index (Phi) is 5.97. The number of aromatic nitrogens is 1. The number of anilines is 1. The highest BCUT2D eigenvalue weighted by Gasteiger charge is 2.19. The van der Waals surface area contributed by atoms with Gasteiger partial charge in [0.25, 0.3) is 5.69 Å². The summed E-state index contributed by atoms with van der Waals surface area (Å²) in [5, 5.41) is 10.9. The molecule has 3 rings (SSSR count). The van der Waals surface area contributed by atoms with E-state index in [2.05, 4.69) is 14.8 Å². The molecule has 8 nitrogen and oxygen atoms in total. The summed E-state index contributed by atoms with van der Waals surface area (Å²) in [6, 6.07) is 10.3. The minimum absolute atomic E-state index is 0.122. The summed E-state index contributed by atoms with van der Waals surface area (Å²) in [6.45, 7) is 6.08. The van der Waals surface area contributed by atoms with Gasteiger partial charge in [-0.15, -0.1) is 0 Å². The molecule has 27 heavy (non-hydrogen) atoms. The van der Waals surface area contributed by atoms with Gasteiger partial charge in [0.15, 0.2) is 0 Å². The summed E-state index contributed by atoms with van der Waals surface area (Å²) in [5.74, 6) is 0.469. The maximum atomic E-state index is 11.7. The van der Waals surface area contributed by atoms with Gasteiger partial charge in [0.1, 0.15) is 5.82 Å². The third-order valence-electron chi connectivity index (χ3n) is 4.48. The van der Waals surface area contributed by atoms with Crippen LogP contribution in [0, 0.1) is 10.1 Å². The van der Waals surface area contributed by atoms with Crippen molar-refractivity contribution in [3.05, 3.63) is 63.8 Å². The Morgan fingerprint density at radius 3 is 2.63 bits per heavy atom. The van der Waals surface area contributed by atoms with Gasteiger partial charge in [0.05, 0.1) is 17.1 Å². The van der Waals surface area contributed by atoms with Crippen molar-refractivity contribution in [2.45, 2.75) is 13.5 Å². The number of esters is 1. The maximum absolute atomic E-state index is 11.7. The second kappa shape index (κ2) is 8.59. The third kappa shape index (κ3) is 4.79. The highest BCUT2D eigenvalue weighted by molar-refractivity contribution is 5.89. The molecule has 0 saturated carbocycles. The Labute approximate surface area is 157 Å². The van der Waals surface area contributed by atoms with Crippen LogP contribution in [0.2, 0.25) is 0 Å². The number of rotatable bonds is 6. The van der Waals surface area contributed by atoms with Crippen molar-refractivity contribution in [3.8, 4) is 0 Å². The van der Waals surface area contributed by atoms with Crippen LogP contribution < -0.4 is 4.90 Å². The average molecular weight is 370 g/mol. The molecule has 0 amide bonds. The fourth-order valence-electron chi connectivity index (χ4n) is 3.07. The van der Waals surface area contributed by atoms with Gasteiger partial charge in [0.2, 0.25) is 0 Å². The molecule has 1 fully saturated rings. The number of nitro groups is 1. The number of hydrogen-bond acceptors (Lipinski definition) is 7. The SMILES string of the molecule is CCOC(=O)c1ccc(N2CCN(Cc3cccc([N+](=O)[O-])c3)CC2)nc1. The predicted molar refractivity (Wildman–Crippen MR) is 101 cm³/mol. The van der Waals surface area contributed by atoms with Crippen molar-refractivity contribution in [3.63, 3.8) is 0 Å². The van der Waals surface area contributed by atoms with Crippen LogP contribution >= 0.6 is 0 Å². The molecular formula is C19H22N4O4. The number of benzene rings is 1. The van der Waals surface area contributed by atoms with Gasteiger partial charge in [-0.25, -0.2) is 9.78 Å². The van der Waals surface area contributed by atoms with Crippen molar-refractivity contribution in [2.24, 2.45) is 0 Å². The van der Waals surface area contributed by atoms with Gasteiger partial charge in [-0.2, -0.15) is 0 Å². The number of ether oxygens (including phenoxy) is 1. The normalized spacial score (nSPS) is 14.8. The third-order valence-corrected chi connectivity index (χ3v) is 4.48. The summed E-state index contributed by atoms with van der Waals surface area (Å²) >= 11 is 0. The van der Waals surface area contributed by atoms with Gasteiger partial charge >= 0.3 is 5.97 Å². The smallest absolute Gasteiger partial charge is 0.339 e. The highest BCUT2D eigenvalue weighted by atomic mass is 16.6. The lowest BCUT2D eigenvalue weighted by Crippen LogP contribution is -2.46. The Bertz CT molecular complexity index is 802. The Balaban J connectivity index is 1.55.